The smallest absolute Gasteiger partial charge is 0.302 e. The highest BCUT2D eigenvalue weighted by Crippen LogP contribution is 2.10. The first-order valence-corrected chi connectivity index (χ1v) is 10.7. The zero-order valence-corrected chi connectivity index (χ0v) is 17.5. The highest BCUT2D eigenvalue weighted by atomic mass is 16.5. The Morgan fingerprint density at radius 3 is 1.93 bits per heavy atom. The first-order chi connectivity index (χ1) is 13.1. The third-order valence-electron chi connectivity index (χ3n) is 4.35. The van der Waals surface area contributed by atoms with Crippen LogP contribution < -0.4 is 0 Å². The van der Waals surface area contributed by atoms with Crippen molar-refractivity contribution in [3.8, 4) is 0 Å². The summed E-state index contributed by atoms with van der Waals surface area (Å²) in [4.78, 5) is 22.3. The van der Waals surface area contributed by atoms with Crippen LogP contribution in [0.25, 0.3) is 0 Å². The van der Waals surface area contributed by atoms with Crippen molar-refractivity contribution >= 4 is 11.8 Å². The van der Waals surface area contributed by atoms with Crippen LogP contribution in [0.3, 0.4) is 0 Å². The summed E-state index contributed by atoms with van der Waals surface area (Å²) in [6.45, 7) is 3.39. The largest absolute Gasteiger partial charge is 0.463 e. The van der Waals surface area contributed by atoms with E-state index in [-0.39, 0.29) is 18.8 Å². The summed E-state index contributed by atoms with van der Waals surface area (Å²) < 4.78 is 4.67. The number of aliphatic hydroxyl groups excluding tert-OH is 1. The number of allylic oxidation sites excluding steroid dienone is 4. The van der Waals surface area contributed by atoms with Gasteiger partial charge in [0.2, 0.25) is 0 Å². The minimum absolute atomic E-state index is 0.00314. The number of carbonyl (C=O) groups is 2. The summed E-state index contributed by atoms with van der Waals surface area (Å²) in [5.74, 6) is -0.576. The van der Waals surface area contributed by atoms with Crippen molar-refractivity contribution in [1.82, 2.24) is 0 Å². The highest BCUT2D eigenvalue weighted by molar-refractivity contribution is 5.89. The van der Waals surface area contributed by atoms with Gasteiger partial charge in [0, 0.05) is 13.3 Å². The van der Waals surface area contributed by atoms with E-state index in [2.05, 4.69) is 23.8 Å². The van der Waals surface area contributed by atoms with Crippen LogP contribution >= 0.6 is 0 Å². The Balaban J connectivity index is 3.41. The molecule has 0 spiro atoms. The Morgan fingerprint density at radius 1 is 0.852 bits per heavy atom. The van der Waals surface area contributed by atoms with E-state index in [1.807, 2.05) is 6.08 Å². The lowest BCUT2D eigenvalue weighted by Gasteiger charge is -2.07. The van der Waals surface area contributed by atoms with Crippen LogP contribution in [0.5, 0.6) is 0 Å². The number of ketones is 1. The fraction of sp³-hybridized carbons (Fsp3) is 0.739. The number of esters is 1. The van der Waals surface area contributed by atoms with Crippen LogP contribution in [0.1, 0.15) is 97.3 Å². The van der Waals surface area contributed by atoms with Crippen molar-refractivity contribution < 1.29 is 19.4 Å². The topological polar surface area (TPSA) is 63.6 Å². The summed E-state index contributed by atoms with van der Waals surface area (Å²) in [6, 6.07) is 0. The molecule has 0 radical (unpaired) electrons. The van der Waals surface area contributed by atoms with Crippen molar-refractivity contribution in [2.45, 2.75) is 103 Å². The molecule has 27 heavy (non-hydrogen) atoms. The molecule has 0 amide bonds. The van der Waals surface area contributed by atoms with Crippen LogP contribution in [-0.2, 0) is 14.3 Å². The summed E-state index contributed by atoms with van der Waals surface area (Å²) in [5.41, 5.74) is 0. The van der Waals surface area contributed by atoms with Crippen molar-refractivity contribution in [1.29, 1.82) is 0 Å². The van der Waals surface area contributed by atoms with Crippen LogP contribution in [0.2, 0.25) is 0 Å². The van der Waals surface area contributed by atoms with Gasteiger partial charge in [-0.25, -0.2) is 0 Å². The number of hydrogen-bond donors (Lipinski definition) is 1. The van der Waals surface area contributed by atoms with E-state index < -0.39 is 12.1 Å². The Kier molecular flexibility index (Phi) is 18.3. The molecule has 1 N–H and O–H groups in total. The molecule has 0 fully saturated rings. The van der Waals surface area contributed by atoms with Crippen LogP contribution in [-0.4, -0.2) is 29.6 Å². The quantitative estimate of drug-likeness (QED) is 0.144. The van der Waals surface area contributed by atoms with Crippen molar-refractivity contribution in [3.05, 3.63) is 24.3 Å². The van der Waals surface area contributed by atoms with E-state index in [9.17, 15) is 14.7 Å². The Labute approximate surface area is 166 Å². The van der Waals surface area contributed by atoms with E-state index >= 15 is 0 Å². The number of hydrogen-bond acceptors (Lipinski definition) is 4. The first kappa shape index (κ1) is 25.6. The van der Waals surface area contributed by atoms with Crippen LogP contribution in [0.4, 0.5) is 0 Å². The van der Waals surface area contributed by atoms with E-state index in [1.165, 1.54) is 77.2 Å². The minimum Gasteiger partial charge on any atom is -0.463 e. The van der Waals surface area contributed by atoms with Gasteiger partial charge in [-0.05, 0) is 44.6 Å². The Morgan fingerprint density at radius 2 is 1.37 bits per heavy atom. The van der Waals surface area contributed by atoms with E-state index in [0.29, 0.717) is 0 Å². The van der Waals surface area contributed by atoms with Gasteiger partial charge < -0.3 is 9.84 Å². The Bertz CT molecular complexity index is 426. The van der Waals surface area contributed by atoms with Gasteiger partial charge >= 0.3 is 5.97 Å². The fourth-order valence-electron chi connectivity index (χ4n) is 2.77. The first-order valence-electron chi connectivity index (χ1n) is 10.7. The monoisotopic (exact) mass is 380 g/mol. The molecule has 4 nitrogen and oxygen atoms in total. The number of aliphatic hydroxyl groups is 1. The number of unbranched alkanes of at least 4 members (excludes halogenated alkanes) is 10. The van der Waals surface area contributed by atoms with Crippen molar-refractivity contribution in [2.75, 3.05) is 6.61 Å². The van der Waals surface area contributed by atoms with E-state index in [4.69, 9.17) is 0 Å². The second-order valence-corrected chi connectivity index (χ2v) is 7.20. The normalized spacial score (nSPS) is 12.7. The SMILES string of the molecule is CCCCCC=CCCCCCCCCC=CC(=O)CC(O)COC(C)=O. The molecule has 156 valence electrons. The average Bonchev–Trinajstić information content (AvgIpc) is 2.63. The van der Waals surface area contributed by atoms with E-state index in [0.717, 1.165) is 12.8 Å². The highest BCUT2D eigenvalue weighted by Gasteiger charge is 2.09. The van der Waals surface area contributed by atoms with Gasteiger partial charge in [0.25, 0.3) is 0 Å². The molecule has 1 unspecified atom stereocenters. The van der Waals surface area contributed by atoms with Gasteiger partial charge in [0.15, 0.2) is 5.78 Å². The Hall–Kier alpha value is -1.42. The third-order valence-corrected chi connectivity index (χ3v) is 4.35. The number of rotatable bonds is 18. The van der Waals surface area contributed by atoms with Crippen molar-refractivity contribution in [3.63, 3.8) is 0 Å². The third kappa shape index (κ3) is 20.7. The maximum atomic E-state index is 11.6. The molecule has 0 aliphatic carbocycles. The maximum absolute atomic E-state index is 11.6. The number of carbonyl (C=O) groups excluding carboxylic acids is 2. The van der Waals surface area contributed by atoms with Crippen molar-refractivity contribution in [2.24, 2.45) is 0 Å². The number of ether oxygens (including phenoxy) is 1. The second kappa shape index (κ2) is 19.3. The molecule has 0 saturated carbocycles. The molecule has 0 heterocycles. The molecule has 0 aliphatic heterocycles. The second-order valence-electron chi connectivity index (χ2n) is 7.20. The molecule has 0 bridgehead atoms. The molecule has 0 aromatic heterocycles. The summed E-state index contributed by atoms with van der Waals surface area (Å²) in [5, 5.41) is 9.56. The lowest BCUT2D eigenvalue weighted by Crippen LogP contribution is -2.20. The molecular weight excluding hydrogens is 340 g/mol. The molecule has 0 saturated heterocycles. The molecular formula is C23H40O4. The van der Waals surface area contributed by atoms with Crippen LogP contribution in [0, 0.1) is 0 Å². The molecule has 1 atom stereocenters. The van der Waals surface area contributed by atoms with Gasteiger partial charge in [-0.15, -0.1) is 0 Å². The lowest BCUT2D eigenvalue weighted by atomic mass is 10.1. The van der Waals surface area contributed by atoms with Crippen LogP contribution in [0.15, 0.2) is 24.3 Å². The molecule has 0 rings (SSSR count). The zero-order chi connectivity index (χ0) is 20.2. The molecule has 0 aromatic rings. The van der Waals surface area contributed by atoms with Gasteiger partial charge in [-0.3, -0.25) is 9.59 Å². The predicted molar refractivity (Wildman–Crippen MR) is 112 cm³/mol. The standard InChI is InChI=1S/C23H40O4/c1-3-4-5-6-7-8-9-10-11-12-13-14-15-16-17-18-22(25)19-23(26)20-27-21(2)24/h7-8,17-18,23,26H,3-6,9-16,19-20H2,1-2H3. The molecule has 4 heteroatoms. The van der Waals surface area contributed by atoms with Gasteiger partial charge in [0.1, 0.15) is 6.61 Å². The maximum Gasteiger partial charge on any atom is 0.302 e. The van der Waals surface area contributed by atoms with E-state index in [1.54, 1.807) is 0 Å². The fourth-order valence-corrected chi connectivity index (χ4v) is 2.77. The zero-order valence-electron chi connectivity index (χ0n) is 17.5. The lowest BCUT2D eigenvalue weighted by molar-refractivity contribution is -0.144. The summed E-state index contributed by atoms with van der Waals surface area (Å²) >= 11 is 0. The van der Waals surface area contributed by atoms with Gasteiger partial charge in [0.05, 0.1) is 6.10 Å². The minimum atomic E-state index is -0.919. The van der Waals surface area contributed by atoms with Gasteiger partial charge in [-0.1, -0.05) is 63.7 Å². The van der Waals surface area contributed by atoms with Gasteiger partial charge in [-0.2, -0.15) is 0 Å². The summed E-state index contributed by atoms with van der Waals surface area (Å²) in [7, 11) is 0. The molecule has 0 aliphatic rings. The average molecular weight is 381 g/mol. The summed E-state index contributed by atoms with van der Waals surface area (Å²) in [6.07, 6.45) is 21.9. The molecule has 0 aromatic carbocycles. The predicted octanol–water partition coefficient (Wildman–Crippen LogP) is 5.68.